The van der Waals surface area contributed by atoms with Gasteiger partial charge < -0.3 is 5.32 Å². The van der Waals surface area contributed by atoms with Crippen LogP contribution in [0.15, 0.2) is 18.2 Å². The molecule has 0 aromatic heterocycles. The van der Waals surface area contributed by atoms with Gasteiger partial charge in [0.15, 0.2) is 0 Å². The van der Waals surface area contributed by atoms with Crippen LogP contribution in [0.25, 0.3) is 0 Å². The van der Waals surface area contributed by atoms with E-state index < -0.39 is 17.6 Å². The van der Waals surface area contributed by atoms with Crippen molar-refractivity contribution in [3.8, 4) is 0 Å². The topological polar surface area (TPSA) is 12.0 Å². The summed E-state index contributed by atoms with van der Waals surface area (Å²) in [5.74, 6) is -0.876. The summed E-state index contributed by atoms with van der Waals surface area (Å²) in [6.07, 6.45) is -3.71. The molecule has 1 nitrogen and oxygen atoms in total. The Morgan fingerprint density at radius 3 is 2.17 bits per heavy atom. The molecule has 0 radical (unpaired) electrons. The van der Waals surface area contributed by atoms with E-state index in [9.17, 15) is 17.6 Å². The highest BCUT2D eigenvalue weighted by molar-refractivity contribution is 5.46. The van der Waals surface area contributed by atoms with Gasteiger partial charge in [-0.15, -0.1) is 0 Å². The second-order valence-corrected chi connectivity index (χ2v) is 5.43. The van der Waals surface area contributed by atoms with Crippen molar-refractivity contribution in [2.75, 3.05) is 11.9 Å². The standard InChI is InChI=1S/C13H17F4N/c1-12(2,3)6-7-18-11-5-4-9(8-10(11)14)13(15,16)17/h4-5,8,18H,6-7H2,1-3H3. The van der Waals surface area contributed by atoms with Gasteiger partial charge in [-0.1, -0.05) is 20.8 Å². The van der Waals surface area contributed by atoms with Crippen LogP contribution < -0.4 is 5.32 Å². The maximum atomic E-state index is 13.4. The zero-order valence-electron chi connectivity index (χ0n) is 10.7. The Labute approximate surface area is 104 Å². The first kappa shape index (κ1) is 14.8. The van der Waals surface area contributed by atoms with E-state index in [-0.39, 0.29) is 11.1 Å². The molecule has 0 fully saturated rings. The average Bonchev–Trinajstić information content (AvgIpc) is 2.17. The van der Waals surface area contributed by atoms with Crippen LogP contribution in [0.1, 0.15) is 32.8 Å². The second-order valence-electron chi connectivity index (χ2n) is 5.43. The van der Waals surface area contributed by atoms with Crippen molar-refractivity contribution < 1.29 is 17.6 Å². The zero-order chi connectivity index (χ0) is 14.0. The fourth-order valence-electron chi connectivity index (χ4n) is 1.41. The monoisotopic (exact) mass is 263 g/mol. The van der Waals surface area contributed by atoms with E-state index >= 15 is 0 Å². The van der Waals surface area contributed by atoms with Gasteiger partial charge in [-0.05, 0) is 30.0 Å². The quantitative estimate of drug-likeness (QED) is 0.780. The molecule has 102 valence electrons. The number of anilines is 1. The van der Waals surface area contributed by atoms with E-state index in [1.54, 1.807) is 0 Å². The maximum Gasteiger partial charge on any atom is 0.416 e. The van der Waals surface area contributed by atoms with Crippen LogP contribution in [-0.4, -0.2) is 6.54 Å². The van der Waals surface area contributed by atoms with Crippen molar-refractivity contribution in [3.63, 3.8) is 0 Å². The summed E-state index contributed by atoms with van der Waals surface area (Å²) >= 11 is 0. The smallest absolute Gasteiger partial charge is 0.383 e. The fraction of sp³-hybridized carbons (Fsp3) is 0.538. The van der Waals surface area contributed by atoms with Gasteiger partial charge in [-0.25, -0.2) is 4.39 Å². The van der Waals surface area contributed by atoms with Crippen LogP contribution in [0.3, 0.4) is 0 Å². The summed E-state index contributed by atoms with van der Waals surface area (Å²) in [5.41, 5.74) is -0.774. The molecule has 0 amide bonds. The Kier molecular flexibility index (Phi) is 4.24. The van der Waals surface area contributed by atoms with Crippen molar-refractivity contribution in [1.82, 2.24) is 0 Å². The molecule has 0 heterocycles. The molecule has 1 aromatic carbocycles. The van der Waals surface area contributed by atoms with E-state index in [2.05, 4.69) is 5.32 Å². The number of alkyl halides is 3. The number of hydrogen-bond donors (Lipinski definition) is 1. The van der Waals surface area contributed by atoms with Crippen molar-refractivity contribution in [3.05, 3.63) is 29.6 Å². The Hall–Kier alpha value is -1.26. The third-order valence-electron chi connectivity index (χ3n) is 2.49. The van der Waals surface area contributed by atoms with Gasteiger partial charge >= 0.3 is 6.18 Å². The van der Waals surface area contributed by atoms with E-state index in [4.69, 9.17) is 0 Å². The normalized spacial score (nSPS) is 12.6. The highest BCUT2D eigenvalue weighted by Crippen LogP contribution is 2.31. The number of halogens is 4. The van der Waals surface area contributed by atoms with Crippen LogP contribution in [0.5, 0.6) is 0 Å². The molecular formula is C13H17F4N. The maximum absolute atomic E-state index is 13.4. The lowest BCUT2D eigenvalue weighted by Gasteiger charge is -2.19. The highest BCUT2D eigenvalue weighted by atomic mass is 19.4. The van der Waals surface area contributed by atoms with E-state index in [0.717, 1.165) is 18.6 Å². The van der Waals surface area contributed by atoms with E-state index in [1.165, 1.54) is 0 Å². The van der Waals surface area contributed by atoms with E-state index in [0.29, 0.717) is 12.6 Å². The second kappa shape index (κ2) is 5.16. The summed E-state index contributed by atoms with van der Waals surface area (Å²) < 4.78 is 50.4. The molecule has 1 aromatic rings. The highest BCUT2D eigenvalue weighted by Gasteiger charge is 2.31. The lowest BCUT2D eigenvalue weighted by atomic mass is 9.92. The molecule has 18 heavy (non-hydrogen) atoms. The Bertz CT molecular complexity index is 404. The predicted molar refractivity (Wildman–Crippen MR) is 64.0 cm³/mol. The van der Waals surface area contributed by atoms with Gasteiger partial charge in [0, 0.05) is 6.54 Å². The number of hydrogen-bond acceptors (Lipinski definition) is 1. The summed E-state index contributed by atoms with van der Waals surface area (Å²) in [7, 11) is 0. The summed E-state index contributed by atoms with van der Waals surface area (Å²) in [5, 5.41) is 2.81. The third-order valence-corrected chi connectivity index (χ3v) is 2.49. The van der Waals surface area contributed by atoms with Crippen LogP contribution in [-0.2, 0) is 6.18 Å². The van der Waals surface area contributed by atoms with Crippen molar-refractivity contribution >= 4 is 5.69 Å². The molecule has 1 N–H and O–H groups in total. The van der Waals surface area contributed by atoms with Gasteiger partial charge in [-0.2, -0.15) is 13.2 Å². The van der Waals surface area contributed by atoms with Crippen molar-refractivity contribution in [2.45, 2.75) is 33.4 Å². The average molecular weight is 263 g/mol. The Morgan fingerprint density at radius 2 is 1.72 bits per heavy atom. The lowest BCUT2D eigenvalue weighted by molar-refractivity contribution is -0.137. The molecule has 5 heteroatoms. The van der Waals surface area contributed by atoms with Crippen molar-refractivity contribution in [2.24, 2.45) is 5.41 Å². The summed E-state index contributed by atoms with van der Waals surface area (Å²) in [6, 6.07) is 2.52. The first-order valence-corrected chi connectivity index (χ1v) is 5.70. The number of benzene rings is 1. The SMILES string of the molecule is CC(C)(C)CCNc1ccc(C(F)(F)F)cc1F. The first-order chi connectivity index (χ1) is 8.09. The van der Waals surface area contributed by atoms with Crippen molar-refractivity contribution in [1.29, 1.82) is 0 Å². The van der Waals surface area contributed by atoms with E-state index in [1.807, 2.05) is 20.8 Å². The van der Waals surface area contributed by atoms with Gasteiger partial charge in [0.1, 0.15) is 5.82 Å². The molecule has 0 unspecified atom stereocenters. The van der Waals surface area contributed by atoms with Gasteiger partial charge in [0.2, 0.25) is 0 Å². The van der Waals surface area contributed by atoms with Crippen LogP contribution in [0, 0.1) is 11.2 Å². The first-order valence-electron chi connectivity index (χ1n) is 5.70. The zero-order valence-corrected chi connectivity index (χ0v) is 10.7. The summed E-state index contributed by atoms with van der Waals surface area (Å²) in [4.78, 5) is 0. The molecule has 0 atom stereocenters. The number of rotatable bonds is 3. The molecule has 0 aliphatic carbocycles. The predicted octanol–water partition coefficient (Wildman–Crippen LogP) is 4.69. The molecule has 0 spiro atoms. The minimum absolute atomic E-state index is 0.0926. The van der Waals surface area contributed by atoms with Crippen LogP contribution in [0.2, 0.25) is 0 Å². The summed E-state index contributed by atoms with van der Waals surface area (Å²) in [6.45, 7) is 6.64. The molecule has 0 bridgehead atoms. The van der Waals surface area contributed by atoms with Gasteiger partial charge in [0.25, 0.3) is 0 Å². The Balaban J connectivity index is 2.69. The minimum Gasteiger partial charge on any atom is -0.383 e. The third kappa shape index (κ3) is 4.55. The molecule has 0 aliphatic rings. The lowest BCUT2D eigenvalue weighted by Crippen LogP contribution is -2.14. The molecular weight excluding hydrogens is 246 g/mol. The van der Waals surface area contributed by atoms with Crippen LogP contribution in [0.4, 0.5) is 23.2 Å². The molecule has 0 saturated carbocycles. The number of nitrogens with one attached hydrogen (secondary N) is 1. The molecule has 0 aliphatic heterocycles. The molecule has 0 saturated heterocycles. The van der Waals surface area contributed by atoms with Gasteiger partial charge in [-0.3, -0.25) is 0 Å². The largest absolute Gasteiger partial charge is 0.416 e. The minimum atomic E-state index is -4.51. The molecule has 1 rings (SSSR count). The fourth-order valence-corrected chi connectivity index (χ4v) is 1.41. The van der Waals surface area contributed by atoms with Crippen LogP contribution >= 0.6 is 0 Å². The Morgan fingerprint density at radius 1 is 1.11 bits per heavy atom. The van der Waals surface area contributed by atoms with Gasteiger partial charge in [0.05, 0.1) is 11.3 Å².